The molecule has 0 fully saturated rings. The fraction of sp³-hybridized carbons (Fsp3) is 0.250. The van der Waals surface area contributed by atoms with Gasteiger partial charge in [0.15, 0.2) is 0 Å². The first-order valence-electron chi connectivity index (χ1n) is 6.15. The smallest absolute Gasteiger partial charge is 0.123 e. The number of aliphatic hydroxyl groups is 1. The first-order valence-corrected chi connectivity index (χ1v) is 6.15. The van der Waals surface area contributed by atoms with Gasteiger partial charge in [0.25, 0.3) is 0 Å². The summed E-state index contributed by atoms with van der Waals surface area (Å²) in [4.78, 5) is 0. The van der Waals surface area contributed by atoms with Crippen molar-refractivity contribution in [2.24, 2.45) is 0 Å². The molecule has 0 aliphatic carbocycles. The third-order valence-corrected chi connectivity index (χ3v) is 3.33. The van der Waals surface area contributed by atoms with Gasteiger partial charge in [-0.25, -0.2) is 4.39 Å². The number of aryl methyl sites for hydroxylation is 1. The summed E-state index contributed by atoms with van der Waals surface area (Å²) in [7, 11) is 0. The van der Waals surface area contributed by atoms with Crippen LogP contribution in [-0.2, 0) is 12.0 Å². The second-order valence-electron chi connectivity index (χ2n) is 5.07. The van der Waals surface area contributed by atoms with Gasteiger partial charge in [0.1, 0.15) is 11.6 Å². The minimum absolute atomic E-state index is 0.164. The third-order valence-electron chi connectivity index (χ3n) is 3.33. The largest absolute Gasteiger partial charge is 0.508 e. The Balaban J connectivity index is 2.27. The van der Waals surface area contributed by atoms with Crippen LogP contribution in [0, 0.1) is 12.7 Å². The monoisotopic (exact) mass is 260 g/mol. The van der Waals surface area contributed by atoms with E-state index in [-0.39, 0.29) is 11.6 Å². The van der Waals surface area contributed by atoms with Crippen LogP contribution in [0.4, 0.5) is 4.39 Å². The van der Waals surface area contributed by atoms with Crippen molar-refractivity contribution in [3.8, 4) is 5.75 Å². The lowest BCUT2D eigenvalue weighted by molar-refractivity contribution is 0.0574. The predicted octanol–water partition coefficient (Wildman–Crippen LogP) is 3.29. The number of halogens is 1. The summed E-state index contributed by atoms with van der Waals surface area (Å²) >= 11 is 0. The molecule has 0 heterocycles. The van der Waals surface area contributed by atoms with Crippen molar-refractivity contribution in [1.29, 1.82) is 0 Å². The highest BCUT2D eigenvalue weighted by molar-refractivity contribution is 5.33. The number of phenols is 1. The topological polar surface area (TPSA) is 40.5 Å². The molecule has 19 heavy (non-hydrogen) atoms. The molecule has 0 aliphatic rings. The van der Waals surface area contributed by atoms with Crippen molar-refractivity contribution in [3.63, 3.8) is 0 Å². The number of aromatic hydroxyl groups is 1. The van der Waals surface area contributed by atoms with Crippen LogP contribution in [0.15, 0.2) is 42.5 Å². The maximum absolute atomic E-state index is 13.1. The Morgan fingerprint density at radius 3 is 2.32 bits per heavy atom. The van der Waals surface area contributed by atoms with E-state index >= 15 is 0 Å². The Hall–Kier alpha value is -1.87. The second-order valence-corrected chi connectivity index (χ2v) is 5.07. The van der Waals surface area contributed by atoms with Crippen LogP contribution in [0.2, 0.25) is 0 Å². The molecular weight excluding hydrogens is 243 g/mol. The van der Waals surface area contributed by atoms with Gasteiger partial charge in [-0.05, 0) is 54.8 Å². The standard InChI is InChI=1S/C16H17FO2/c1-11-9-14(17)6-3-12(11)10-16(2,19)13-4-7-15(18)8-5-13/h3-9,18-19H,10H2,1-2H3. The second kappa shape index (κ2) is 5.02. The maximum Gasteiger partial charge on any atom is 0.123 e. The van der Waals surface area contributed by atoms with Crippen LogP contribution in [0.3, 0.4) is 0 Å². The minimum atomic E-state index is -1.06. The highest BCUT2D eigenvalue weighted by atomic mass is 19.1. The molecule has 0 saturated carbocycles. The average Bonchev–Trinajstić information content (AvgIpc) is 2.33. The van der Waals surface area contributed by atoms with Crippen molar-refractivity contribution >= 4 is 0 Å². The van der Waals surface area contributed by atoms with E-state index in [4.69, 9.17) is 0 Å². The van der Waals surface area contributed by atoms with Gasteiger partial charge in [-0.3, -0.25) is 0 Å². The van der Waals surface area contributed by atoms with Gasteiger partial charge in [0.05, 0.1) is 5.60 Å². The summed E-state index contributed by atoms with van der Waals surface area (Å²) in [5.41, 5.74) is 1.38. The van der Waals surface area contributed by atoms with Crippen LogP contribution in [0.25, 0.3) is 0 Å². The lowest BCUT2D eigenvalue weighted by Gasteiger charge is -2.25. The van der Waals surface area contributed by atoms with Gasteiger partial charge in [-0.15, -0.1) is 0 Å². The third kappa shape index (κ3) is 3.12. The van der Waals surface area contributed by atoms with Gasteiger partial charge in [0, 0.05) is 6.42 Å². The van der Waals surface area contributed by atoms with E-state index in [1.165, 1.54) is 12.1 Å². The summed E-state index contributed by atoms with van der Waals surface area (Å²) in [6.07, 6.45) is 0.393. The molecule has 2 aromatic carbocycles. The molecule has 0 bridgehead atoms. The lowest BCUT2D eigenvalue weighted by Crippen LogP contribution is -2.24. The van der Waals surface area contributed by atoms with Gasteiger partial charge < -0.3 is 10.2 Å². The summed E-state index contributed by atoms with van der Waals surface area (Å²) in [5.74, 6) is -0.108. The molecule has 0 radical (unpaired) electrons. The number of rotatable bonds is 3. The first-order chi connectivity index (χ1) is 8.88. The van der Waals surface area contributed by atoms with Crippen molar-refractivity contribution in [1.82, 2.24) is 0 Å². The van der Waals surface area contributed by atoms with E-state index in [2.05, 4.69) is 0 Å². The molecule has 0 amide bonds. The molecule has 1 atom stereocenters. The summed E-state index contributed by atoms with van der Waals surface area (Å²) < 4.78 is 13.1. The van der Waals surface area contributed by atoms with E-state index in [0.29, 0.717) is 12.0 Å². The van der Waals surface area contributed by atoms with Gasteiger partial charge in [-0.1, -0.05) is 18.2 Å². The SMILES string of the molecule is Cc1cc(F)ccc1CC(C)(O)c1ccc(O)cc1. The molecule has 2 aromatic rings. The fourth-order valence-corrected chi connectivity index (χ4v) is 2.15. The number of hydrogen-bond donors (Lipinski definition) is 2. The molecule has 0 aliphatic heterocycles. The van der Waals surface area contributed by atoms with Crippen LogP contribution >= 0.6 is 0 Å². The molecular formula is C16H17FO2. The Labute approximate surface area is 112 Å². The molecule has 100 valence electrons. The zero-order valence-electron chi connectivity index (χ0n) is 11.0. The zero-order chi connectivity index (χ0) is 14.0. The summed E-state index contributed by atoms with van der Waals surface area (Å²) in [6, 6.07) is 11.0. The Kier molecular flexibility index (Phi) is 3.58. The average molecular weight is 260 g/mol. The van der Waals surface area contributed by atoms with E-state index < -0.39 is 5.60 Å². The van der Waals surface area contributed by atoms with E-state index in [1.54, 1.807) is 37.3 Å². The van der Waals surface area contributed by atoms with Crippen molar-refractivity contribution in [2.45, 2.75) is 25.9 Å². The van der Waals surface area contributed by atoms with Crippen molar-refractivity contribution < 1.29 is 14.6 Å². The minimum Gasteiger partial charge on any atom is -0.508 e. The van der Waals surface area contributed by atoms with E-state index in [9.17, 15) is 14.6 Å². The fourth-order valence-electron chi connectivity index (χ4n) is 2.15. The quantitative estimate of drug-likeness (QED) is 0.889. The van der Waals surface area contributed by atoms with Gasteiger partial charge in [0.2, 0.25) is 0 Å². The molecule has 2 rings (SSSR count). The van der Waals surface area contributed by atoms with Crippen LogP contribution in [0.5, 0.6) is 5.75 Å². The first kappa shape index (κ1) is 13.6. The number of phenolic OH excluding ortho intramolecular Hbond substituents is 1. The number of benzene rings is 2. The number of hydrogen-bond acceptors (Lipinski definition) is 2. The van der Waals surface area contributed by atoms with E-state index in [1.807, 2.05) is 6.92 Å². The normalized spacial score (nSPS) is 14.1. The van der Waals surface area contributed by atoms with Crippen molar-refractivity contribution in [2.75, 3.05) is 0 Å². The highest BCUT2D eigenvalue weighted by Crippen LogP contribution is 2.28. The van der Waals surface area contributed by atoms with Crippen molar-refractivity contribution in [3.05, 3.63) is 65.0 Å². The Morgan fingerprint density at radius 2 is 1.74 bits per heavy atom. The maximum atomic E-state index is 13.1. The van der Waals surface area contributed by atoms with Crippen LogP contribution in [0.1, 0.15) is 23.6 Å². The summed E-state index contributed by atoms with van der Waals surface area (Å²) in [6.45, 7) is 3.54. The molecule has 2 N–H and O–H groups in total. The van der Waals surface area contributed by atoms with Crippen LogP contribution < -0.4 is 0 Å². The Morgan fingerprint density at radius 1 is 1.11 bits per heavy atom. The molecule has 0 spiro atoms. The highest BCUT2D eigenvalue weighted by Gasteiger charge is 2.24. The predicted molar refractivity (Wildman–Crippen MR) is 72.5 cm³/mol. The lowest BCUT2D eigenvalue weighted by atomic mass is 9.87. The summed E-state index contributed by atoms with van der Waals surface area (Å²) in [5, 5.41) is 19.8. The molecule has 2 nitrogen and oxygen atoms in total. The van der Waals surface area contributed by atoms with Gasteiger partial charge in [-0.2, -0.15) is 0 Å². The Bertz CT molecular complexity index is 574. The molecule has 0 saturated heterocycles. The zero-order valence-corrected chi connectivity index (χ0v) is 11.0. The molecule has 1 unspecified atom stereocenters. The van der Waals surface area contributed by atoms with E-state index in [0.717, 1.165) is 11.1 Å². The molecule has 3 heteroatoms. The van der Waals surface area contributed by atoms with Gasteiger partial charge >= 0.3 is 0 Å². The molecule has 0 aromatic heterocycles. The van der Waals surface area contributed by atoms with Crippen LogP contribution in [-0.4, -0.2) is 10.2 Å².